The summed E-state index contributed by atoms with van der Waals surface area (Å²) in [6, 6.07) is 17.1. The van der Waals surface area contributed by atoms with Gasteiger partial charge in [-0.2, -0.15) is 0 Å². The van der Waals surface area contributed by atoms with E-state index in [1.165, 1.54) is 24.3 Å². The molecule has 1 N–H and O–H groups in total. The molecule has 0 aromatic heterocycles. The Hall–Kier alpha value is -2.68. The molecule has 0 fully saturated rings. The maximum atomic E-state index is 13.3. The van der Waals surface area contributed by atoms with Crippen LogP contribution in [0.25, 0.3) is 22.3 Å². The van der Waals surface area contributed by atoms with Crippen LogP contribution in [0.1, 0.15) is 0 Å². The van der Waals surface area contributed by atoms with Gasteiger partial charge in [-0.25, -0.2) is 8.78 Å². The molecular formula is C18H12F2O. The molecule has 0 atom stereocenters. The first kappa shape index (κ1) is 13.3. The van der Waals surface area contributed by atoms with E-state index >= 15 is 0 Å². The fourth-order valence-corrected chi connectivity index (χ4v) is 2.28. The highest BCUT2D eigenvalue weighted by atomic mass is 19.1. The second-order valence-electron chi connectivity index (χ2n) is 4.79. The van der Waals surface area contributed by atoms with E-state index in [1.807, 2.05) is 0 Å². The van der Waals surface area contributed by atoms with Gasteiger partial charge in [-0.15, -0.1) is 0 Å². The summed E-state index contributed by atoms with van der Waals surface area (Å²) in [5.41, 5.74) is 2.66. The first-order chi connectivity index (χ1) is 10.1. The molecule has 0 unspecified atom stereocenters. The molecule has 0 amide bonds. The molecule has 1 nitrogen and oxygen atoms in total. The molecule has 0 heterocycles. The van der Waals surface area contributed by atoms with Crippen molar-refractivity contribution in [2.75, 3.05) is 0 Å². The predicted octanol–water partition coefficient (Wildman–Crippen LogP) is 5.00. The van der Waals surface area contributed by atoms with Gasteiger partial charge in [0, 0.05) is 0 Å². The zero-order chi connectivity index (χ0) is 14.8. The van der Waals surface area contributed by atoms with Crippen molar-refractivity contribution in [3.05, 3.63) is 78.4 Å². The molecule has 0 aliphatic rings. The van der Waals surface area contributed by atoms with E-state index in [0.29, 0.717) is 22.3 Å². The summed E-state index contributed by atoms with van der Waals surface area (Å²) in [6.45, 7) is 0. The molecule has 21 heavy (non-hydrogen) atoms. The van der Waals surface area contributed by atoms with E-state index in [0.717, 1.165) is 0 Å². The van der Waals surface area contributed by atoms with Gasteiger partial charge in [0.1, 0.15) is 17.4 Å². The number of hydrogen-bond donors (Lipinski definition) is 1. The summed E-state index contributed by atoms with van der Waals surface area (Å²) >= 11 is 0. The quantitative estimate of drug-likeness (QED) is 0.701. The monoisotopic (exact) mass is 282 g/mol. The van der Waals surface area contributed by atoms with Gasteiger partial charge in [-0.3, -0.25) is 0 Å². The average Bonchev–Trinajstić information content (AvgIpc) is 2.46. The van der Waals surface area contributed by atoms with Gasteiger partial charge in [-0.1, -0.05) is 24.3 Å². The second-order valence-corrected chi connectivity index (χ2v) is 4.79. The third-order valence-corrected chi connectivity index (χ3v) is 3.23. The van der Waals surface area contributed by atoms with Gasteiger partial charge in [0.05, 0.1) is 0 Å². The van der Waals surface area contributed by atoms with Crippen molar-refractivity contribution < 1.29 is 13.9 Å². The van der Waals surface area contributed by atoms with Crippen LogP contribution in [0.15, 0.2) is 66.7 Å². The summed E-state index contributed by atoms with van der Waals surface area (Å²) < 4.78 is 26.6. The van der Waals surface area contributed by atoms with Crippen LogP contribution in [0.5, 0.6) is 5.75 Å². The standard InChI is InChI=1S/C18H12F2O/c19-16-5-1-3-12(8-16)14-7-15(11-18(21)10-14)13-4-2-6-17(20)9-13/h1-11,21H. The van der Waals surface area contributed by atoms with E-state index in [9.17, 15) is 13.9 Å². The first-order valence-corrected chi connectivity index (χ1v) is 6.48. The highest BCUT2D eigenvalue weighted by Crippen LogP contribution is 2.31. The van der Waals surface area contributed by atoms with E-state index in [1.54, 1.807) is 42.5 Å². The molecule has 104 valence electrons. The third-order valence-electron chi connectivity index (χ3n) is 3.23. The molecule has 0 aliphatic carbocycles. The molecule has 0 bridgehead atoms. The molecule has 0 aliphatic heterocycles. The normalized spacial score (nSPS) is 10.6. The van der Waals surface area contributed by atoms with Crippen LogP contribution >= 0.6 is 0 Å². The zero-order valence-electron chi connectivity index (χ0n) is 11.1. The van der Waals surface area contributed by atoms with Gasteiger partial charge in [0.15, 0.2) is 0 Å². The van der Waals surface area contributed by atoms with Crippen LogP contribution < -0.4 is 0 Å². The van der Waals surface area contributed by atoms with Crippen molar-refractivity contribution in [1.29, 1.82) is 0 Å². The number of halogens is 2. The highest BCUT2D eigenvalue weighted by molar-refractivity contribution is 5.75. The van der Waals surface area contributed by atoms with Crippen molar-refractivity contribution in [3.63, 3.8) is 0 Å². The van der Waals surface area contributed by atoms with Crippen molar-refractivity contribution in [2.24, 2.45) is 0 Å². The van der Waals surface area contributed by atoms with Crippen molar-refractivity contribution in [2.45, 2.75) is 0 Å². The molecule has 3 heteroatoms. The summed E-state index contributed by atoms with van der Waals surface area (Å²) in [4.78, 5) is 0. The van der Waals surface area contributed by atoms with Crippen molar-refractivity contribution in [1.82, 2.24) is 0 Å². The maximum Gasteiger partial charge on any atom is 0.123 e. The van der Waals surface area contributed by atoms with Crippen LogP contribution in [-0.2, 0) is 0 Å². The fraction of sp³-hybridized carbons (Fsp3) is 0. The zero-order valence-corrected chi connectivity index (χ0v) is 11.1. The minimum Gasteiger partial charge on any atom is -0.508 e. The van der Waals surface area contributed by atoms with Gasteiger partial charge < -0.3 is 5.11 Å². The molecule has 0 radical (unpaired) electrons. The average molecular weight is 282 g/mol. The van der Waals surface area contributed by atoms with Crippen LogP contribution in [-0.4, -0.2) is 5.11 Å². The van der Waals surface area contributed by atoms with E-state index in [4.69, 9.17) is 0 Å². The topological polar surface area (TPSA) is 20.2 Å². The molecule has 0 saturated heterocycles. The molecule has 3 aromatic rings. The number of phenols is 1. The van der Waals surface area contributed by atoms with Crippen molar-refractivity contribution in [3.8, 4) is 28.0 Å². The summed E-state index contributed by atoms with van der Waals surface area (Å²) in [5.74, 6) is -0.637. The Morgan fingerprint density at radius 2 is 1.05 bits per heavy atom. The Bertz CT molecular complexity index is 733. The van der Waals surface area contributed by atoms with Gasteiger partial charge >= 0.3 is 0 Å². The van der Waals surface area contributed by atoms with Crippen LogP contribution in [0.2, 0.25) is 0 Å². The highest BCUT2D eigenvalue weighted by Gasteiger charge is 2.06. The molecule has 0 spiro atoms. The lowest BCUT2D eigenvalue weighted by molar-refractivity contribution is 0.476. The van der Waals surface area contributed by atoms with Crippen LogP contribution in [0, 0.1) is 11.6 Å². The molecule has 3 rings (SSSR count). The third kappa shape index (κ3) is 2.92. The van der Waals surface area contributed by atoms with Crippen LogP contribution in [0.4, 0.5) is 8.78 Å². The van der Waals surface area contributed by atoms with E-state index < -0.39 is 0 Å². The van der Waals surface area contributed by atoms with Gasteiger partial charge in [-0.05, 0) is 64.7 Å². The summed E-state index contributed by atoms with van der Waals surface area (Å²) in [5, 5.41) is 9.87. The largest absolute Gasteiger partial charge is 0.508 e. The SMILES string of the molecule is Oc1cc(-c2cccc(F)c2)cc(-c2cccc(F)c2)c1. The minimum absolute atomic E-state index is 0.0519. The number of rotatable bonds is 2. The number of hydrogen-bond acceptors (Lipinski definition) is 1. The molecular weight excluding hydrogens is 270 g/mol. The lowest BCUT2D eigenvalue weighted by Gasteiger charge is -2.08. The van der Waals surface area contributed by atoms with E-state index in [2.05, 4.69) is 0 Å². The Kier molecular flexibility index (Phi) is 3.40. The lowest BCUT2D eigenvalue weighted by Crippen LogP contribution is -1.84. The van der Waals surface area contributed by atoms with E-state index in [-0.39, 0.29) is 17.4 Å². The fourth-order valence-electron chi connectivity index (χ4n) is 2.28. The second kappa shape index (κ2) is 5.37. The Morgan fingerprint density at radius 3 is 1.48 bits per heavy atom. The van der Waals surface area contributed by atoms with Gasteiger partial charge in [0.2, 0.25) is 0 Å². The number of phenolic OH excluding ortho intramolecular Hbond substituents is 1. The smallest absolute Gasteiger partial charge is 0.123 e. The first-order valence-electron chi connectivity index (χ1n) is 6.48. The predicted molar refractivity (Wildman–Crippen MR) is 78.9 cm³/mol. The van der Waals surface area contributed by atoms with Gasteiger partial charge in [0.25, 0.3) is 0 Å². The number of aromatic hydroxyl groups is 1. The lowest BCUT2D eigenvalue weighted by atomic mass is 9.98. The Morgan fingerprint density at radius 1 is 0.571 bits per heavy atom. The summed E-state index contributed by atoms with van der Waals surface area (Å²) in [7, 11) is 0. The maximum absolute atomic E-state index is 13.3. The number of benzene rings is 3. The summed E-state index contributed by atoms with van der Waals surface area (Å²) in [6.07, 6.45) is 0. The Labute approximate surface area is 121 Å². The minimum atomic E-state index is -0.344. The van der Waals surface area contributed by atoms with Crippen molar-refractivity contribution >= 4 is 0 Å². The molecule has 0 saturated carbocycles. The molecule has 3 aromatic carbocycles. The van der Waals surface area contributed by atoms with Crippen LogP contribution in [0.3, 0.4) is 0 Å². The Balaban J connectivity index is 2.12.